The quantitative estimate of drug-likeness (QED) is 0.795. The fourth-order valence-corrected chi connectivity index (χ4v) is 3.20. The van der Waals surface area contributed by atoms with Crippen molar-refractivity contribution < 1.29 is 4.79 Å². The lowest BCUT2D eigenvalue weighted by Gasteiger charge is -2.26. The van der Waals surface area contributed by atoms with Crippen molar-refractivity contribution in [3.8, 4) is 0 Å². The number of carbonyl (C=O) groups excluding carboxylic acids is 1. The Labute approximate surface area is 115 Å². The molecule has 1 saturated heterocycles. The minimum atomic E-state index is -0.169. The summed E-state index contributed by atoms with van der Waals surface area (Å²) < 4.78 is 0. The van der Waals surface area contributed by atoms with Gasteiger partial charge in [-0.05, 0) is 38.2 Å². The Morgan fingerprint density at radius 1 is 1.00 bits per heavy atom. The summed E-state index contributed by atoms with van der Waals surface area (Å²) in [5.74, 6) is 0.387. The molecule has 0 spiro atoms. The fraction of sp³-hybridized carbons (Fsp3) is 0.588. The zero-order chi connectivity index (χ0) is 13.3. The second-order valence-corrected chi connectivity index (χ2v) is 6.15. The zero-order valence-electron chi connectivity index (χ0n) is 11.8. The summed E-state index contributed by atoms with van der Waals surface area (Å²) in [4.78, 5) is 15.0. The van der Waals surface area contributed by atoms with Crippen molar-refractivity contribution >= 4 is 5.91 Å². The van der Waals surface area contributed by atoms with Crippen LogP contribution in [0.5, 0.6) is 0 Å². The lowest BCUT2D eigenvalue weighted by molar-refractivity contribution is -0.133. The molecule has 0 aromatic heterocycles. The molecule has 2 fully saturated rings. The average molecular weight is 257 g/mol. The van der Waals surface area contributed by atoms with Crippen LogP contribution in [0.1, 0.15) is 49.7 Å². The van der Waals surface area contributed by atoms with E-state index in [1.165, 1.54) is 36.8 Å². The Morgan fingerprint density at radius 2 is 1.58 bits per heavy atom. The Hall–Kier alpha value is -1.31. The standard InChI is InChI=1S/C17H23NO/c1-14-6-8-15(9-7-14)17(10-11-17)16(19)18-12-4-2-3-5-13-18/h6-9H,2-5,10-13H2,1H3. The molecule has 1 aromatic carbocycles. The predicted octanol–water partition coefficient (Wildman–Crippen LogP) is 3.43. The molecule has 0 N–H and O–H groups in total. The number of hydrogen-bond acceptors (Lipinski definition) is 1. The third-order valence-electron chi connectivity index (χ3n) is 4.66. The van der Waals surface area contributed by atoms with E-state index in [1.54, 1.807) is 0 Å². The largest absolute Gasteiger partial charge is 0.342 e. The van der Waals surface area contributed by atoms with Gasteiger partial charge in [0.05, 0.1) is 5.41 Å². The number of amides is 1. The van der Waals surface area contributed by atoms with E-state index in [0.717, 1.165) is 25.9 Å². The van der Waals surface area contributed by atoms with Crippen molar-refractivity contribution in [2.75, 3.05) is 13.1 Å². The number of nitrogens with zero attached hydrogens (tertiary/aromatic N) is 1. The van der Waals surface area contributed by atoms with E-state index in [1.807, 2.05) is 0 Å². The molecule has 2 nitrogen and oxygen atoms in total. The number of hydrogen-bond donors (Lipinski definition) is 0. The lowest BCUT2D eigenvalue weighted by Crippen LogP contribution is -2.39. The van der Waals surface area contributed by atoms with Crippen molar-refractivity contribution in [2.45, 2.75) is 50.9 Å². The van der Waals surface area contributed by atoms with E-state index in [-0.39, 0.29) is 5.41 Å². The normalized spacial score (nSPS) is 21.8. The number of carbonyl (C=O) groups is 1. The second-order valence-electron chi connectivity index (χ2n) is 6.15. The highest BCUT2D eigenvalue weighted by Crippen LogP contribution is 2.49. The molecule has 0 unspecified atom stereocenters. The third-order valence-corrected chi connectivity index (χ3v) is 4.66. The summed E-state index contributed by atoms with van der Waals surface area (Å²) in [5.41, 5.74) is 2.33. The van der Waals surface area contributed by atoms with Gasteiger partial charge in [0.25, 0.3) is 0 Å². The van der Waals surface area contributed by atoms with Crippen LogP contribution in [-0.4, -0.2) is 23.9 Å². The van der Waals surface area contributed by atoms with Gasteiger partial charge >= 0.3 is 0 Å². The molecule has 1 aromatic rings. The molecule has 0 atom stereocenters. The maximum Gasteiger partial charge on any atom is 0.233 e. The molecule has 1 saturated carbocycles. The van der Waals surface area contributed by atoms with E-state index in [4.69, 9.17) is 0 Å². The van der Waals surface area contributed by atoms with Gasteiger partial charge in [-0.15, -0.1) is 0 Å². The highest BCUT2D eigenvalue weighted by Gasteiger charge is 2.52. The molecular formula is C17H23NO. The molecule has 2 aliphatic rings. The van der Waals surface area contributed by atoms with Gasteiger partial charge in [-0.1, -0.05) is 42.7 Å². The molecular weight excluding hydrogens is 234 g/mol. The topological polar surface area (TPSA) is 20.3 Å². The monoisotopic (exact) mass is 257 g/mol. The van der Waals surface area contributed by atoms with Crippen LogP contribution in [0.3, 0.4) is 0 Å². The van der Waals surface area contributed by atoms with Crippen molar-refractivity contribution in [2.24, 2.45) is 0 Å². The highest BCUT2D eigenvalue weighted by atomic mass is 16.2. The van der Waals surface area contributed by atoms with Gasteiger partial charge in [-0.3, -0.25) is 4.79 Å². The first-order valence-electron chi connectivity index (χ1n) is 7.59. The van der Waals surface area contributed by atoms with Crippen LogP contribution in [0.2, 0.25) is 0 Å². The Kier molecular flexibility index (Phi) is 3.34. The zero-order valence-corrected chi connectivity index (χ0v) is 11.8. The lowest BCUT2D eigenvalue weighted by atomic mass is 9.93. The average Bonchev–Trinajstić information content (AvgIpc) is 3.24. The predicted molar refractivity (Wildman–Crippen MR) is 77.1 cm³/mol. The molecule has 1 aliphatic carbocycles. The molecule has 3 rings (SSSR count). The number of rotatable bonds is 2. The first-order valence-corrected chi connectivity index (χ1v) is 7.59. The number of likely N-dealkylation sites (tertiary alicyclic amines) is 1. The van der Waals surface area contributed by atoms with Gasteiger partial charge in [0.1, 0.15) is 0 Å². The molecule has 19 heavy (non-hydrogen) atoms. The van der Waals surface area contributed by atoms with Gasteiger partial charge in [0, 0.05) is 13.1 Å². The van der Waals surface area contributed by atoms with Gasteiger partial charge < -0.3 is 4.90 Å². The summed E-state index contributed by atoms with van der Waals surface area (Å²) in [7, 11) is 0. The van der Waals surface area contributed by atoms with Gasteiger partial charge in [-0.2, -0.15) is 0 Å². The van der Waals surface area contributed by atoms with E-state index >= 15 is 0 Å². The summed E-state index contributed by atoms with van der Waals surface area (Å²) in [6.45, 7) is 4.03. The summed E-state index contributed by atoms with van der Waals surface area (Å²) in [6.07, 6.45) is 6.98. The van der Waals surface area contributed by atoms with Crippen LogP contribution in [0.15, 0.2) is 24.3 Å². The van der Waals surface area contributed by atoms with Crippen LogP contribution in [0, 0.1) is 6.92 Å². The highest BCUT2D eigenvalue weighted by molar-refractivity contribution is 5.91. The van der Waals surface area contributed by atoms with E-state index in [9.17, 15) is 4.79 Å². The fourth-order valence-electron chi connectivity index (χ4n) is 3.20. The Balaban J connectivity index is 1.80. The second kappa shape index (κ2) is 4.99. The molecule has 2 heteroatoms. The van der Waals surface area contributed by atoms with Gasteiger partial charge in [0.2, 0.25) is 5.91 Å². The number of benzene rings is 1. The molecule has 102 valence electrons. The van der Waals surface area contributed by atoms with E-state index in [2.05, 4.69) is 36.1 Å². The number of aryl methyl sites for hydroxylation is 1. The Morgan fingerprint density at radius 3 is 2.11 bits per heavy atom. The van der Waals surface area contributed by atoms with Crippen LogP contribution in [0.25, 0.3) is 0 Å². The third kappa shape index (κ3) is 2.41. The first kappa shape index (κ1) is 12.7. The van der Waals surface area contributed by atoms with Crippen molar-refractivity contribution in [3.63, 3.8) is 0 Å². The van der Waals surface area contributed by atoms with Crippen molar-refractivity contribution in [1.82, 2.24) is 4.90 Å². The molecule has 0 bridgehead atoms. The van der Waals surface area contributed by atoms with Crippen LogP contribution < -0.4 is 0 Å². The van der Waals surface area contributed by atoms with Crippen LogP contribution in [-0.2, 0) is 10.2 Å². The summed E-state index contributed by atoms with van der Waals surface area (Å²) in [5, 5.41) is 0. The first-order chi connectivity index (χ1) is 9.22. The maximum atomic E-state index is 12.8. The molecule has 1 heterocycles. The maximum absolute atomic E-state index is 12.8. The summed E-state index contributed by atoms with van der Waals surface area (Å²) in [6, 6.07) is 8.56. The molecule has 1 aliphatic heterocycles. The van der Waals surface area contributed by atoms with Crippen molar-refractivity contribution in [3.05, 3.63) is 35.4 Å². The van der Waals surface area contributed by atoms with E-state index in [0.29, 0.717) is 5.91 Å². The smallest absolute Gasteiger partial charge is 0.233 e. The van der Waals surface area contributed by atoms with Crippen molar-refractivity contribution in [1.29, 1.82) is 0 Å². The van der Waals surface area contributed by atoms with Gasteiger partial charge in [0.15, 0.2) is 0 Å². The minimum absolute atomic E-state index is 0.169. The Bertz CT molecular complexity index is 451. The van der Waals surface area contributed by atoms with Gasteiger partial charge in [-0.25, -0.2) is 0 Å². The van der Waals surface area contributed by atoms with Crippen LogP contribution >= 0.6 is 0 Å². The molecule has 1 amide bonds. The van der Waals surface area contributed by atoms with E-state index < -0.39 is 0 Å². The minimum Gasteiger partial charge on any atom is -0.342 e. The van der Waals surface area contributed by atoms with Crippen LogP contribution in [0.4, 0.5) is 0 Å². The SMILES string of the molecule is Cc1ccc(C2(C(=O)N3CCCCCC3)CC2)cc1. The molecule has 0 radical (unpaired) electrons. The summed E-state index contributed by atoms with van der Waals surface area (Å²) >= 11 is 0.